The van der Waals surface area contributed by atoms with Gasteiger partial charge in [-0.3, -0.25) is 15.0 Å². The van der Waals surface area contributed by atoms with Crippen molar-refractivity contribution in [1.82, 2.24) is 0 Å². The molecule has 1 atom stereocenters. The summed E-state index contributed by atoms with van der Waals surface area (Å²) in [5, 5.41) is 14.2. The first kappa shape index (κ1) is 8.03. The molecule has 1 aliphatic carbocycles. The molecule has 11 heavy (non-hydrogen) atoms. The summed E-state index contributed by atoms with van der Waals surface area (Å²) in [4.78, 5) is 0.0472. The summed E-state index contributed by atoms with van der Waals surface area (Å²) < 4.78 is 20.6. The molecule has 1 aliphatic rings. The van der Waals surface area contributed by atoms with Crippen LogP contribution in [0.2, 0.25) is 0 Å². The van der Waals surface area contributed by atoms with Gasteiger partial charge in [0.05, 0.1) is 11.4 Å². The van der Waals surface area contributed by atoms with E-state index in [2.05, 4.69) is 0 Å². The summed E-state index contributed by atoms with van der Waals surface area (Å²) in [5.74, 6) is 0. The van der Waals surface area contributed by atoms with Gasteiger partial charge in [0.25, 0.3) is 0 Å². The maximum Gasteiger partial charge on any atom is 0.0800 e. The third kappa shape index (κ3) is 1.69. The number of hydrogen-bond donors (Lipinski definition) is 2. The van der Waals surface area contributed by atoms with Crippen molar-refractivity contribution in [2.75, 3.05) is 0 Å². The molecule has 0 saturated heterocycles. The second-order valence-corrected chi connectivity index (χ2v) is 2.88. The molecular formula is C6H5N2O2S-. The average Bonchev–Trinajstić information content (AvgIpc) is 1.94. The van der Waals surface area contributed by atoms with E-state index < -0.39 is 11.1 Å². The van der Waals surface area contributed by atoms with E-state index in [0.29, 0.717) is 0 Å². The topological polar surface area (TPSA) is 87.8 Å². The van der Waals surface area contributed by atoms with E-state index in [1.807, 2.05) is 0 Å². The molecule has 0 bridgehead atoms. The van der Waals surface area contributed by atoms with Crippen LogP contribution in [0.1, 0.15) is 0 Å². The lowest BCUT2D eigenvalue weighted by atomic mass is 10.1. The summed E-state index contributed by atoms with van der Waals surface area (Å²) in [5.41, 5.74) is -0.0501. The van der Waals surface area contributed by atoms with Gasteiger partial charge in [0.1, 0.15) is 0 Å². The van der Waals surface area contributed by atoms with Gasteiger partial charge in [-0.25, -0.2) is 0 Å². The molecule has 0 aromatic carbocycles. The number of hydrogen-bond acceptors (Lipinski definition) is 4. The van der Waals surface area contributed by atoms with Crippen molar-refractivity contribution in [1.29, 1.82) is 10.8 Å². The second-order valence-electron chi connectivity index (χ2n) is 1.94. The van der Waals surface area contributed by atoms with Crippen LogP contribution in [0.5, 0.6) is 0 Å². The first-order chi connectivity index (χ1) is 5.11. The monoisotopic (exact) mass is 169 g/mol. The molecule has 0 radical (unpaired) electrons. The molecule has 0 aliphatic heterocycles. The van der Waals surface area contributed by atoms with Gasteiger partial charge in [-0.2, -0.15) is 0 Å². The van der Waals surface area contributed by atoms with Crippen molar-refractivity contribution >= 4 is 22.5 Å². The third-order valence-corrected chi connectivity index (χ3v) is 1.82. The molecule has 2 N–H and O–H groups in total. The van der Waals surface area contributed by atoms with Crippen molar-refractivity contribution in [3.63, 3.8) is 0 Å². The summed E-state index contributed by atoms with van der Waals surface area (Å²) in [6, 6.07) is 0. The predicted molar refractivity (Wildman–Crippen MR) is 41.6 cm³/mol. The normalized spacial score (nSPS) is 19.9. The molecule has 0 aromatic rings. The summed E-state index contributed by atoms with van der Waals surface area (Å²) in [6.07, 6.45) is 3.72. The molecule has 4 nitrogen and oxygen atoms in total. The Hall–Kier alpha value is -1.07. The smallest absolute Gasteiger partial charge is 0.0800 e. The fourth-order valence-electron chi connectivity index (χ4n) is 0.627. The highest BCUT2D eigenvalue weighted by molar-refractivity contribution is 7.83. The van der Waals surface area contributed by atoms with E-state index in [4.69, 9.17) is 10.8 Å². The molecule has 0 heterocycles. The molecule has 5 heteroatoms. The van der Waals surface area contributed by atoms with Gasteiger partial charge in [0.15, 0.2) is 0 Å². The first-order valence-corrected chi connectivity index (χ1v) is 3.85. The zero-order chi connectivity index (χ0) is 8.43. The van der Waals surface area contributed by atoms with Crippen LogP contribution < -0.4 is 0 Å². The molecule has 0 fully saturated rings. The fourth-order valence-corrected chi connectivity index (χ4v) is 1.02. The van der Waals surface area contributed by atoms with Crippen molar-refractivity contribution in [3.05, 3.63) is 23.1 Å². The Morgan fingerprint density at radius 3 is 2.36 bits per heavy atom. The zero-order valence-corrected chi connectivity index (χ0v) is 6.27. The summed E-state index contributed by atoms with van der Waals surface area (Å²) in [7, 11) is 0. The van der Waals surface area contributed by atoms with Gasteiger partial charge in [-0.15, -0.1) is 0 Å². The standard InChI is InChI=1S/C6H6N2O2S/c7-5-2-1-4(11(9)10)3-6(5)8/h1-3,7-8H,(H,9,10)/p-1. The molecule has 0 spiro atoms. The van der Waals surface area contributed by atoms with E-state index in [9.17, 15) is 8.76 Å². The van der Waals surface area contributed by atoms with Crippen LogP contribution >= 0.6 is 0 Å². The Kier molecular flexibility index (Phi) is 2.11. The SMILES string of the molecule is N=C1C=CC(S(=O)[O-])=CC1=N. The lowest BCUT2D eigenvalue weighted by Crippen LogP contribution is -2.11. The van der Waals surface area contributed by atoms with Crippen molar-refractivity contribution in [3.8, 4) is 0 Å². The molecule has 1 unspecified atom stereocenters. The molecule has 58 valence electrons. The van der Waals surface area contributed by atoms with Gasteiger partial charge in [0.2, 0.25) is 0 Å². The van der Waals surface area contributed by atoms with Crippen LogP contribution in [0.25, 0.3) is 0 Å². The molecule has 1 rings (SSSR count). The molecule has 0 amide bonds. The Morgan fingerprint density at radius 2 is 1.91 bits per heavy atom. The minimum Gasteiger partial charge on any atom is -0.768 e. The van der Waals surface area contributed by atoms with Crippen molar-refractivity contribution in [2.45, 2.75) is 0 Å². The molecule has 0 aromatic heterocycles. The summed E-state index contributed by atoms with van der Waals surface area (Å²) >= 11 is -2.30. The highest BCUT2D eigenvalue weighted by Gasteiger charge is 2.05. The van der Waals surface area contributed by atoms with Gasteiger partial charge >= 0.3 is 0 Å². The average molecular weight is 169 g/mol. The quantitative estimate of drug-likeness (QED) is 0.438. The fraction of sp³-hybridized carbons (Fsp3) is 0. The van der Waals surface area contributed by atoms with Crippen molar-refractivity contribution in [2.24, 2.45) is 0 Å². The van der Waals surface area contributed by atoms with E-state index in [0.717, 1.165) is 6.08 Å². The van der Waals surface area contributed by atoms with E-state index in [1.54, 1.807) is 0 Å². The maximum atomic E-state index is 10.3. The zero-order valence-electron chi connectivity index (χ0n) is 5.46. The first-order valence-electron chi connectivity index (χ1n) is 2.78. The van der Waals surface area contributed by atoms with Crippen LogP contribution in [0.4, 0.5) is 0 Å². The minimum atomic E-state index is -2.30. The largest absolute Gasteiger partial charge is 0.768 e. The Morgan fingerprint density at radius 1 is 1.27 bits per heavy atom. The van der Waals surface area contributed by atoms with Crippen LogP contribution in [0, 0.1) is 10.8 Å². The van der Waals surface area contributed by atoms with Gasteiger partial charge in [0, 0.05) is 4.91 Å². The third-order valence-electron chi connectivity index (χ3n) is 1.18. The van der Waals surface area contributed by atoms with E-state index >= 15 is 0 Å². The van der Waals surface area contributed by atoms with Gasteiger partial charge in [-0.1, -0.05) is 0 Å². The highest BCUT2D eigenvalue weighted by atomic mass is 32.2. The predicted octanol–water partition coefficient (Wildman–Crippen LogP) is 0.359. The summed E-state index contributed by atoms with van der Waals surface area (Å²) in [6.45, 7) is 0. The van der Waals surface area contributed by atoms with Crippen LogP contribution in [0.15, 0.2) is 23.1 Å². The van der Waals surface area contributed by atoms with E-state index in [1.165, 1.54) is 12.2 Å². The van der Waals surface area contributed by atoms with Gasteiger partial charge < -0.3 is 4.55 Å². The van der Waals surface area contributed by atoms with Crippen LogP contribution in [-0.2, 0) is 11.1 Å². The maximum absolute atomic E-state index is 10.3. The van der Waals surface area contributed by atoms with E-state index in [-0.39, 0.29) is 16.3 Å². The van der Waals surface area contributed by atoms with Crippen molar-refractivity contribution < 1.29 is 8.76 Å². The number of rotatable bonds is 1. The lowest BCUT2D eigenvalue weighted by molar-refractivity contribution is 0.544. The minimum absolute atomic E-state index is 0.0270. The Labute approximate surface area is 65.9 Å². The van der Waals surface area contributed by atoms with Crippen LogP contribution in [-0.4, -0.2) is 20.2 Å². The highest BCUT2D eigenvalue weighted by Crippen LogP contribution is 2.07. The molecule has 0 saturated carbocycles. The number of nitrogens with one attached hydrogen (secondary N) is 2. The Bertz CT molecular complexity index is 304. The lowest BCUT2D eigenvalue weighted by Gasteiger charge is -2.09. The van der Waals surface area contributed by atoms with Gasteiger partial charge in [-0.05, 0) is 29.3 Å². The number of allylic oxidation sites excluding steroid dienone is 3. The second kappa shape index (κ2) is 2.89. The molecular weight excluding hydrogens is 164 g/mol. The van der Waals surface area contributed by atoms with Crippen LogP contribution in [0.3, 0.4) is 0 Å². The Balaban J connectivity index is 2.98.